The quantitative estimate of drug-likeness (QED) is 0.844. The summed E-state index contributed by atoms with van der Waals surface area (Å²) >= 11 is 0. The van der Waals surface area contributed by atoms with Crippen molar-refractivity contribution < 1.29 is 9.90 Å². The van der Waals surface area contributed by atoms with E-state index < -0.39 is 11.9 Å². The summed E-state index contributed by atoms with van der Waals surface area (Å²) in [5.74, 6) is -0.383. The lowest BCUT2D eigenvalue weighted by atomic mass is 10.1. The molecule has 2 aromatic rings. The highest BCUT2D eigenvalue weighted by Crippen LogP contribution is 2.15. The van der Waals surface area contributed by atoms with Gasteiger partial charge in [-0.1, -0.05) is 6.92 Å². The Bertz CT molecular complexity index is 533. The van der Waals surface area contributed by atoms with Crippen LogP contribution in [0.25, 0.3) is 5.52 Å². The lowest BCUT2D eigenvalue weighted by Crippen LogP contribution is -2.12. The molecule has 84 valence electrons. The van der Waals surface area contributed by atoms with Gasteiger partial charge in [0, 0.05) is 18.8 Å². The Balaban J connectivity index is 2.42. The van der Waals surface area contributed by atoms with Crippen molar-refractivity contribution in [2.75, 3.05) is 0 Å². The first kappa shape index (κ1) is 10.6. The third-order valence-corrected chi connectivity index (χ3v) is 2.62. The standard InChI is InChI=1S/C11H13N3O2/c1-7(11(15)16)5-9-10-6-12-3-4-14(10)8(2)13-9/h3-4,6-7H,5H2,1-2H3,(H,15,16). The van der Waals surface area contributed by atoms with E-state index in [0.29, 0.717) is 6.42 Å². The van der Waals surface area contributed by atoms with Crippen LogP contribution in [0.5, 0.6) is 0 Å². The molecule has 2 aromatic heterocycles. The first-order valence-electron chi connectivity index (χ1n) is 5.10. The highest BCUT2D eigenvalue weighted by atomic mass is 16.4. The summed E-state index contributed by atoms with van der Waals surface area (Å²) in [6, 6.07) is 0. The number of aliphatic carboxylic acids is 1. The Morgan fingerprint density at radius 3 is 3.06 bits per heavy atom. The van der Waals surface area contributed by atoms with Crippen LogP contribution in [0.2, 0.25) is 0 Å². The fourth-order valence-corrected chi connectivity index (χ4v) is 1.69. The van der Waals surface area contributed by atoms with Gasteiger partial charge in [-0.25, -0.2) is 4.98 Å². The highest BCUT2D eigenvalue weighted by molar-refractivity contribution is 5.70. The van der Waals surface area contributed by atoms with Gasteiger partial charge in [0.2, 0.25) is 0 Å². The minimum atomic E-state index is -0.803. The van der Waals surface area contributed by atoms with E-state index in [1.54, 1.807) is 19.3 Å². The molecule has 0 spiro atoms. The Kier molecular flexibility index (Phi) is 2.60. The fourth-order valence-electron chi connectivity index (χ4n) is 1.69. The summed E-state index contributed by atoms with van der Waals surface area (Å²) in [5, 5.41) is 8.87. The van der Waals surface area contributed by atoms with Crippen LogP contribution in [0.4, 0.5) is 0 Å². The Labute approximate surface area is 92.8 Å². The van der Waals surface area contributed by atoms with E-state index >= 15 is 0 Å². The molecule has 0 aromatic carbocycles. The summed E-state index contributed by atoms with van der Waals surface area (Å²) in [6.07, 6.45) is 5.65. The molecular weight excluding hydrogens is 206 g/mol. The van der Waals surface area contributed by atoms with Crippen molar-refractivity contribution in [3.63, 3.8) is 0 Å². The molecular formula is C11H13N3O2. The summed E-state index contributed by atoms with van der Waals surface area (Å²) in [5.41, 5.74) is 1.67. The largest absolute Gasteiger partial charge is 0.481 e. The van der Waals surface area contributed by atoms with E-state index in [1.165, 1.54) is 0 Å². The smallest absolute Gasteiger partial charge is 0.306 e. The summed E-state index contributed by atoms with van der Waals surface area (Å²) in [6.45, 7) is 3.57. The summed E-state index contributed by atoms with van der Waals surface area (Å²) in [7, 11) is 0. The molecule has 0 amide bonds. The van der Waals surface area contributed by atoms with Crippen LogP contribution in [-0.4, -0.2) is 25.4 Å². The van der Waals surface area contributed by atoms with Crippen molar-refractivity contribution in [1.82, 2.24) is 14.4 Å². The molecule has 16 heavy (non-hydrogen) atoms. The van der Waals surface area contributed by atoms with Crippen LogP contribution in [0.3, 0.4) is 0 Å². The maximum Gasteiger partial charge on any atom is 0.306 e. The van der Waals surface area contributed by atoms with Gasteiger partial charge in [-0.15, -0.1) is 0 Å². The monoisotopic (exact) mass is 219 g/mol. The zero-order chi connectivity index (χ0) is 11.7. The van der Waals surface area contributed by atoms with Gasteiger partial charge < -0.3 is 9.51 Å². The van der Waals surface area contributed by atoms with Crippen LogP contribution in [0, 0.1) is 12.8 Å². The molecule has 1 atom stereocenters. The van der Waals surface area contributed by atoms with E-state index in [4.69, 9.17) is 5.11 Å². The Morgan fingerprint density at radius 1 is 1.62 bits per heavy atom. The summed E-state index contributed by atoms with van der Waals surface area (Å²) in [4.78, 5) is 19.2. The van der Waals surface area contributed by atoms with Crippen LogP contribution < -0.4 is 0 Å². The molecule has 1 N–H and O–H groups in total. The molecule has 0 bridgehead atoms. The van der Waals surface area contributed by atoms with E-state index in [1.807, 2.05) is 17.5 Å². The van der Waals surface area contributed by atoms with Gasteiger partial charge in [0.25, 0.3) is 0 Å². The average Bonchev–Trinajstić information content (AvgIpc) is 2.57. The predicted molar refractivity (Wildman–Crippen MR) is 58.2 cm³/mol. The van der Waals surface area contributed by atoms with Crippen LogP contribution >= 0.6 is 0 Å². The van der Waals surface area contributed by atoms with Gasteiger partial charge in [-0.2, -0.15) is 0 Å². The number of carbonyl (C=O) groups is 1. The second-order valence-electron chi connectivity index (χ2n) is 3.88. The van der Waals surface area contributed by atoms with E-state index in [9.17, 15) is 4.79 Å². The third-order valence-electron chi connectivity index (χ3n) is 2.62. The molecule has 5 nitrogen and oxygen atoms in total. The van der Waals surface area contributed by atoms with Crippen molar-refractivity contribution in [3.8, 4) is 0 Å². The molecule has 1 unspecified atom stereocenters. The number of hydrogen-bond donors (Lipinski definition) is 1. The number of rotatable bonds is 3. The number of carboxylic acid groups (broad SMARTS) is 1. The number of nitrogens with zero attached hydrogens (tertiary/aromatic N) is 3. The van der Waals surface area contributed by atoms with E-state index in [0.717, 1.165) is 17.0 Å². The molecule has 0 saturated carbocycles. The van der Waals surface area contributed by atoms with Crippen molar-refractivity contribution in [2.24, 2.45) is 5.92 Å². The second kappa shape index (κ2) is 3.92. The lowest BCUT2D eigenvalue weighted by molar-refractivity contribution is -0.141. The molecule has 2 heterocycles. The SMILES string of the molecule is Cc1nc(CC(C)C(=O)O)c2cnccn12. The highest BCUT2D eigenvalue weighted by Gasteiger charge is 2.16. The molecule has 0 aliphatic heterocycles. The Morgan fingerprint density at radius 2 is 2.38 bits per heavy atom. The second-order valence-corrected chi connectivity index (χ2v) is 3.88. The maximum atomic E-state index is 10.8. The number of imidazole rings is 1. The van der Waals surface area contributed by atoms with E-state index in [2.05, 4.69) is 9.97 Å². The van der Waals surface area contributed by atoms with Gasteiger partial charge in [-0.05, 0) is 6.92 Å². The number of aromatic nitrogens is 3. The molecule has 2 rings (SSSR count). The van der Waals surface area contributed by atoms with Gasteiger partial charge in [-0.3, -0.25) is 9.78 Å². The van der Waals surface area contributed by atoms with Crippen LogP contribution in [-0.2, 0) is 11.2 Å². The molecule has 0 saturated heterocycles. The van der Waals surface area contributed by atoms with Crippen molar-refractivity contribution in [1.29, 1.82) is 0 Å². The first-order valence-corrected chi connectivity index (χ1v) is 5.10. The van der Waals surface area contributed by atoms with Crippen molar-refractivity contribution in [3.05, 3.63) is 30.1 Å². The first-order chi connectivity index (χ1) is 7.59. The molecule has 0 aliphatic carbocycles. The van der Waals surface area contributed by atoms with Gasteiger partial charge in [0.1, 0.15) is 5.82 Å². The number of fused-ring (bicyclic) bond motifs is 1. The number of carboxylic acids is 1. The van der Waals surface area contributed by atoms with E-state index in [-0.39, 0.29) is 0 Å². The molecule has 5 heteroatoms. The van der Waals surface area contributed by atoms with Crippen LogP contribution in [0.1, 0.15) is 18.4 Å². The summed E-state index contributed by atoms with van der Waals surface area (Å²) < 4.78 is 1.91. The third kappa shape index (κ3) is 1.76. The van der Waals surface area contributed by atoms with Crippen LogP contribution in [0.15, 0.2) is 18.6 Å². The number of hydrogen-bond acceptors (Lipinski definition) is 3. The number of aryl methyl sites for hydroxylation is 1. The topological polar surface area (TPSA) is 67.5 Å². The fraction of sp³-hybridized carbons (Fsp3) is 0.364. The zero-order valence-corrected chi connectivity index (χ0v) is 9.21. The minimum absolute atomic E-state index is 0.429. The van der Waals surface area contributed by atoms with Crippen molar-refractivity contribution in [2.45, 2.75) is 20.3 Å². The minimum Gasteiger partial charge on any atom is -0.481 e. The lowest BCUT2D eigenvalue weighted by Gasteiger charge is -2.03. The molecule has 0 radical (unpaired) electrons. The molecule has 0 aliphatic rings. The average molecular weight is 219 g/mol. The Hall–Kier alpha value is -1.91. The zero-order valence-electron chi connectivity index (χ0n) is 9.21. The molecule has 0 fully saturated rings. The predicted octanol–water partition coefficient (Wildman–Crippen LogP) is 1.30. The maximum absolute atomic E-state index is 10.8. The van der Waals surface area contributed by atoms with Gasteiger partial charge >= 0.3 is 5.97 Å². The van der Waals surface area contributed by atoms with Gasteiger partial charge in [0.15, 0.2) is 0 Å². The normalized spacial score (nSPS) is 12.9. The van der Waals surface area contributed by atoms with Gasteiger partial charge in [0.05, 0.1) is 23.3 Å². The van der Waals surface area contributed by atoms with Crippen molar-refractivity contribution >= 4 is 11.5 Å².